The van der Waals surface area contributed by atoms with Crippen molar-refractivity contribution in [3.8, 4) is 6.07 Å². The Labute approximate surface area is 113 Å². The average molecular weight is 271 g/mol. The molecule has 0 unspecified atom stereocenters. The van der Waals surface area contributed by atoms with Gasteiger partial charge in [-0.2, -0.15) is 5.26 Å². The number of benzene rings is 2. The zero-order valence-electron chi connectivity index (χ0n) is 10.2. The van der Waals surface area contributed by atoms with Crippen LogP contribution in [0.3, 0.4) is 0 Å². The van der Waals surface area contributed by atoms with Gasteiger partial charge in [0.15, 0.2) is 0 Å². The Kier molecular flexibility index (Phi) is 5.52. The van der Waals surface area contributed by atoms with Crippen molar-refractivity contribution in [2.75, 3.05) is 0 Å². The van der Waals surface area contributed by atoms with E-state index in [2.05, 4.69) is 6.58 Å². The highest BCUT2D eigenvalue weighted by Gasteiger charge is 2.15. The fourth-order valence-electron chi connectivity index (χ4n) is 1.34. The number of nitrogens with zero attached hydrogens (tertiary/aromatic N) is 1. The van der Waals surface area contributed by atoms with Crippen LogP contribution in [0.1, 0.15) is 0 Å². The van der Waals surface area contributed by atoms with Gasteiger partial charge >= 0.3 is 0 Å². The molecule has 2 rings (SSSR count). The van der Waals surface area contributed by atoms with E-state index in [0.717, 1.165) is 0 Å². The largest absolute Gasteiger partial charge is 0.219 e. The van der Waals surface area contributed by atoms with Crippen LogP contribution in [-0.4, -0.2) is 8.42 Å². The molecule has 96 valence electrons. The molecule has 0 radical (unpaired) electrons. The lowest BCUT2D eigenvalue weighted by molar-refractivity contribution is 0.596. The lowest BCUT2D eigenvalue weighted by Gasteiger charge is -2.03. The maximum atomic E-state index is 12.0. The van der Waals surface area contributed by atoms with Gasteiger partial charge in [0.1, 0.15) is 0 Å². The van der Waals surface area contributed by atoms with Crippen LogP contribution >= 0.6 is 0 Å². The predicted octanol–water partition coefficient (Wildman–Crippen LogP) is 3.22. The molecule has 0 saturated heterocycles. The molecule has 0 spiro atoms. The molecule has 0 aliphatic carbocycles. The number of hydrogen-bond donors (Lipinski definition) is 0. The van der Waals surface area contributed by atoms with Crippen molar-refractivity contribution in [3.05, 3.63) is 73.3 Å². The highest BCUT2D eigenvalue weighted by Crippen LogP contribution is 2.19. The highest BCUT2D eigenvalue weighted by atomic mass is 32.2. The average Bonchev–Trinajstić information content (AvgIpc) is 2.49. The maximum Gasteiger partial charge on any atom is 0.206 e. The highest BCUT2D eigenvalue weighted by molar-refractivity contribution is 7.91. The molecule has 2 aromatic carbocycles. The SMILES string of the molecule is C=CC#N.O=S(=O)(c1ccccc1)c1ccccc1. The van der Waals surface area contributed by atoms with E-state index >= 15 is 0 Å². The minimum absolute atomic E-state index is 0.330. The monoisotopic (exact) mass is 271 g/mol. The Bertz CT molecular complexity index is 611. The van der Waals surface area contributed by atoms with Crippen LogP contribution in [0.25, 0.3) is 0 Å². The molecule has 0 aliphatic rings. The molecule has 0 amide bonds. The van der Waals surface area contributed by atoms with E-state index in [1.807, 2.05) is 0 Å². The summed E-state index contributed by atoms with van der Waals surface area (Å²) in [6.45, 7) is 3.12. The van der Waals surface area contributed by atoms with E-state index in [-0.39, 0.29) is 0 Å². The van der Waals surface area contributed by atoms with Crippen molar-refractivity contribution < 1.29 is 8.42 Å². The van der Waals surface area contributed by atoms with Crippen molar-refractivity contribution in [1.82, 2.24) is 0 Å². The van der Waals surface area contributed by atoms with Crippen molar-refractivity contribution in [2.45, 2.75) is 9.79 Å². The van der Waals surface area contributed by atoms with Crippen LogP contribution in [0.2, 0.25) is 0 Å². The zero-order valence-corrected chi connectivity index (χ0v) is 11.0. The molecule has 0 aromatic heterocycles. The molecule has 2 aromatic rings. The van der Waals surface area contributed by atoms with Gasteiger partial charge in [-0.25, -0.2) is 8.42 Å². The standard InChI is InChI=1S/C12H10O2S.C3H3N/c13-15(14,11-7-3-1-4-8-11)12-9-5-2-6-10-12;1-2-3-4/h1-10H;2H,1H2. The van der Waals surface area contributed by atoms with Crippen LogP contribution in [0.15, 0.2) is 83.1 Å². The summed E-state index contributed by atoms with van der Waals surface area (Å²) < 4.78 is 24.1. The summed E-state index contributed by atoms with van der Waals surface area (Å²) in [7, 11) is -3.34. The third kappa shape index (κ3) is 4.09. The number of nitriles is 1. The van der Waals surface area contributed by atoms with E-state index in [0.29, 0.717) is 9.79 Å². The van der Waals surface area contributed by atoms with E-state index in [1.165, 1.54) is 6.08 Å². The normalized spacial score (nSPS) is 9.63. The first kappa shape index (κ1) is 14.7. The van der Waals surface area contributed by atoms with E-state index in [1.54, 1.807) is 66.7 Å². The molecule has 0 aliphatic heterocycles. The smallest absolute Gasteiger partial charge is 0.206 e. The van der Waals surface area contributed by atoms with Crippen LogP contribution < -0.4 is 0 Å². The Balaban J connectivity index is 0.000000399. The van der Waals surface area contributed by atoms with Gasteiger partial charge in [-0.15, -0.1) is 0 Å². The number of allylic oxidation sites excluding steroid dienone is 1. The third-order valence-electron chi connectivity index (χ3n) is 2.20. The minimum Gasteiger partial charge on any atom is -0.219 e. The summed E-state index contributed by atoms with van der Waals surface area (Å²) in [4.78, 5) is 0.660. The molecular formula is C15H13NO2S. The molecule has 19 heavy (non-hydrogen) atoms. The fourth-order valence-corrected chi connectivity index (χ4v) is 2.64. The lowest BCUT2D eigenvalue weighted by atomic mass is 10.4. The topological polar surface area (TPSA) is 57.9 Å². The van der Waals surface area contributed by atoms with Gasteiger partial charge in [0.25, 0.3) is 0 Å². The molecule has 0 saturated carbocycles. The first-order chi connectivity index (χ1) is 9.12. The van der Waals surface area contributed by atoms with Gasteiger partial charge in [0, 0.05) is 6.08 Å². The van der Waals surface area contributed by atoms with Crippen LogP contribution in [0.5, 0.6) is 0 Å². The van der Waals surface area contributed by atoms with Gasteiger partial charge in [-0.1, -0.05) is 43.0 Å². The minimum atomic E-state index is -3.34. The molecule has 0 fully saturated rings. The van der Waals surface area contributed by atoms with E-state index in [4.69, 9.17) is 5.26 Å². The quantitative estimate of drug-likeness (QED) is 0.788. The Morgan fingerprint density at radius 1 is 0.895 bits per heavy atom. The van der Waals surface area contributed by atoms with E-state index in [9.17, 15) is 8.42 Å². The Hall–Kier alpha value is -2.38. The van der Waals surface area contributed by atoms with Gasteiger partial charge < -0.3 is 0 Å². The van der Waals surface area contributed by atoms with Gasteiger partial charge in [-0.3, -0.25) is 0 Å². The number of rotatable bonds is 2. The summed E-state index contributed by atoms with van der Waals surface area (Å²) >= 11 is 0. The zero-order chi connectivity index (χ0) is 14.1. The van der Waals surface area contributed by atoms with Crippen LogP contribution in [0, 0.1) is 11.3 Å². The summed E-state index contributed by atoms with van der Waals surface area (Å²) in [5.41, 5.74) is 0. The summed E-state index contributed by atoms with van der Waals surface area (Å²) in [5, 5.41) is 7.51. The maximum absolute atomic E-state index is 12.0. The van der Waals surface area contributed by atoms with Gasteiger partial charge in [-0.05, 0) is 24.3 Å². The second-order valence-corrected chi connectivity index (χ2v) is 5.41. The van der Waals surface area contributed by atoms with Crippen molar-refractivity contribution >= 4 is 9.84 Å². The molecule has 4 heteroatoms. The molecule has 0 atom stereocenters. The third-order valence-corrected chi connectivity index (χ3v) is 3.98. The molecule has 3 nitrogen and oxygen atoms in total. The molecular weight excluding hydrogens is 258 g/mol. The van der Waals surface area contributed by atoms with Crippen LogP contribution in [0.4, 0.5) is 0 Å². The van der Waals surface area contributed by atoms with Crippen LogP contribution in [-0.2, 0) is 9.84 Å². The Morgan fingerprint density at radius 3 is 1.47 bits per heavy atom. The number of sulfone groups is 1. The van der Waals surface area contributed by atoms with Gasteiger partial charge in [0.2, 0.25) is 9.84 Å². The molecule has 0 N–H and O–H groups in total. The summed E-state index contributed by atoms with van der Waals surface area (Å²) in [6, 6.07) is 18.6. The van der Waals surface area contributed by atoms with E-state index < -0.39 is 9.84 Å². The predicted molar refractivity (Wildman–Crippen MR) is 74.1 cm³/mol. The van der Waals surface area contributed by atoms with Crippen molar-refractivity contribution in [2.24, 2.45) is 0 Å². The first-order valence-electron chi connectivity index (χ1n) is 5.48. The first-order valence-corrected chi connectivity index (χ1v) is 6.97. The second kappa shape index (κ2) is 7.14. The summed E-state index contributed by atoms with van der Waals surface area (Å²) in [5.74, 6) is 0. The van der Waals surface area contributed by atoms with Crippen molar-refractivity contribution in [3.63, 3.8) is 0 Å². The molecule has 0 heterocycles. The molecule has 0 bridgehead atoms. The lowest BCUT2D eigenvalue weighted by Crippen LogP contribution is -2.00. The fraction of sp³-hybridized carbons (Fsp3) is 0. The van der Waals surface area contributed by atoms with Crippen molar-refractivity contribution in [1.29, 1.82) is 5.26 Å². The Morgan fingerprint density at radius 2 is 1.21 bits per heavy atom. The second-order valence-electron chi connectivity index (χ2n) is 3.46. The number of hydrogen-bond acceptors (Lipinski definition) is 3. The van der Waals surface area contributed by atoms with Gasteiger partial charge in [0.05, 0.1) is 15.9 Å². The summed E-state index contributed by atoms with van der Waals surface area (Å²) in [6.07, 6.45) is 1.18.